The molecule has 0 spiro atoms. The van der Waals surface area contributed by atoms with Crippen molar-refractivity contribution in [3.63, 3.8) is 0 Å². The van der Waals surface area contributed by atoms with Crippen molar-refractivity contribution in [2.75, 3.05) is 0 Å². The molecule has 0 amide bonds. The Balaban J connectivity index is 2.41. The van der Waals surface area contributed by atoms with E-state index in [0.29, 0.717) is 17.7 Å². The lowest BCUT2D eigenvalue weighted by Gasteiger charge is -2.08. The molecular formula is C17H16N2O4. The molecule has 118 valence electrons. The highest BCUT2D eigenvalue weighted by Crippen LogP contribution is 2.21. The largest absolute Gasteiger partial charge is 0.478 e. The number of hydrogen-bond donors (Lipinski definition) is 1. The van der Waals surface area contributed by atoms with Crippen LogP contribution in [-0.4, -0.2) is 21.0 Å². The molecule has 3 aromatic rings. The van der Waals surface area contributed by atoms with Gasteiger partial charge in [-0.25, -0.2) is 14.8 Å². The quantitative estimate of drug-likeness (QED) is 0.747. The average molecular weight is 312 g/mol. The van der Waals surface area contributed by atoms with Crippen LogP contribution in [0.15, 0.2) is 27.4 Å². The van der Waals surface area contributed by atoms with Crippen LogP contribution in [0.5, 0.6) is 0 Å². The molecule has 0 aliphatic rings. The second-order valence-corrected chi connectivity index (χ2v) is 5.66. The molecule has 3 rings (SSSR count). The van der Waals surface area contributed by atoms with Gasteiger partial charge in [0, 0.05) is 5.69 Å². The van der Waals surface area contributed by atoms with Crippen molar-refractivity contribution in [1.29, 1.82) is 0 Å². The van der Waals surface area contributed by atoms with Crippen LogP contribution in [0.4, 0.5) is 0 Å². The van der Waals surface area contributed by atoms with Gasteiger partial charge < -0.3 is 9.52 Å². The van der Waals surface area contributed by atoms with Crippen molar-refractivity contribution in [1.82, 2.24) is 9.97 Å². The first-order chi connectivity index (χ1) is 10.9. The second-order valence-electron chi connectivity index (χ2n) is 5.66. The van der Waals surface area contributed by atoms with Crippen molar-refractivity contribution < 1.29 is 14.3 Å². The number of aryl methyl sites for hydroxylation is 1. The van der Waals surface area contributed by atoms with Crippen molar-refractivity contribution >= 4 is 28.2 Å². The summed E-state index contributed by atoms with van der Waals surface area (Å²) < 4.78 is 5.67. The number of rotatable bonds is 3. The molecule has 6 heteroatoms. The van der Waals surface area contributed by atoms with Crippen LogP contribution in [0.3, 0.4) is 0 Å². The third-order valence-corrected chi connectivity index (χ3v) is 3.77. The summed E-state index contributed by atoms with van der Waals surface area (Å²) in [7, 11) is 0. The van der Waals surface area contributed by atoms with E-state index in [1.807, 2.05) is 19.9 Å². The molecule has 0 bridgehead atoms. The topological polar surface area (TPSA) is 93.3 Å². The minimum Gasteiger partial charge on any atom is -0.478 e. The molecule has 0 aliphatic carbocycles. The number of nitrogens with zero attached hydrogens (tertiary/aromatic N) is 2. The molecule has 0 atom stereocenters. The van der Waals surface area contributed by atoms with Gasteiger partial charge in [0.2, 0.25) is 11.1 Å². The Morgan fingerprint density at radius 2 is 2.04 bits per heavy atom. The van der Waals surface area contributed by atoms with E-state index in [4.69, 9.17) is 4.42 Å². The van der Waals surface area contributed by atoms with E-state index in [2.05, 4.69) is 9.97 Å². The highest BCUT2D eigenvalue weighted by atomic mass is 16.4. The van der Waals surface area contributed by atoms with Gasteiger partial charge in [-0.05, 0) is 30.5 Å². The number of aromatic carboxylic acids is 1. The number of aromatic nitrogens is 2. The van der Waals surface area contributed by atoms with Gasteiger partial charge in [0.1, 0.15) is 0 Å². The summed E-state index contributed by atoms with van der Waals surface area (Å²) in [6, 6.07) is 4.85. The Morgan fingerprint density at radius 1 is 1.30 bits per heavy atom. The minimum absolute atomic E-state index is 0.0201. The zero-order valence-electron chi connectivity index (χ0n) is 13.1. The number of fused-ring (bicyclic) bond motifs is 2. The fourth-order valence-electron chi connectivity index (χ4n) is 2.49. The van der Waals surface area contributed by atoms with Crippen LogP contribution in [0.25, 0.3) is 22.2 Å². The minimum atomic E-state index is -1.11. The third kappa shape index (κ3) is 2.46. The molecule has 0 saturated heterocycles. The average Bonchev–Trinajstić information content (AvgIpc) is 2.53. The smallest absolute Gasteiger partial charge is 0.337 e. The summed E-state index contributed by atoms with van der Waals surface area (Å²) in [5.41, 5.74) is 1.52. The number of carboxylic acids is 1. The van der Waals surface area contributed by atoms with Crippen molar-refractivity contribution in [2.24, 2.45) is 0 Å². The van der Waals surface area contributed by atoms with Crippen LogP contribution < -0.4 is 5.43 Å². The zero-order valence-corrected chi connectivity index (χ0v) is 13.1. The Kier molecular flexibility index (Phi) is 3.60. The summed E-state index contributed by atoms with van der Waals surface area (Å²) in [5, 5.41) is 9.43. The molecule has 0 aliphatic heterocycles. The van der Waals surface area contributed by atoms with Crippen LogP contribution in [-0.2, 0) is 6.42 Å². The number of carbonyl (C=O) groups is 1. The predicted octanol–water partition coefficient (Wildman–Crippen LogP) is 3.12. The Labute approximate surface area is 131 Å². The molecule has 6 nitrogen and oxygen atoms in total. The SMILES string of the molecule is CCc1nc2oc3ccc(C(C)C)nc3c(=O)c2cc1C(=O)O. The van der Waals surface area contributed by atoms with Gasteiger partial charge >= 0.3 is 5.97 Å². The number of pyridine rings is 2. The normalized spacial score (nSPS) is 11.5. The molecule has 3 heterocycles. The first-order valence-electron chi connectivity index (χ1n) is 7.43. The fourth-order valence-corrected chi connectivity index (χ4v) is 2.49. The number of hydrogen-bond acceptors (Lipinski definition) is 5. The monoisotopic (exact) mass is 312 g/mol. The van der Waals surface area contributed by atoms with Gasteiger partial charge in [0.15, 0.2) is 11.1 Å². The Morgan fingerprint density at radius 3 is 2.65 bits per heavy atom. The predicted molar refractivity (Wildman–Crippen MR) is 86.0 cm³/mol. The maximum Gasteiger partial charge on any atom is 0.337 e. The molecule has 0 aromatic carbocycles. The maximum absolute atomic E-state index is 12.7. The van der Waals surface area contributed by atoms with Gasteiger partial charge in [-0.15, -0.1) is 0 Å². The zero-order chi connectivity index (χ0) is 16.7. The third-order valence-electron chi connectivity index (χ3n) is 3.77. The van der Waals surface area contributed by atoms with E-state index < -0.39 is 5.97 Å². The molecule has 0 fully saturated rings. The summed E-state index contributed by atoms with van der Waals surface area (Å²) in [4.78, 5) is 32.6. The van der Waals surface area contributed by atoms with Crippen molar-refractivity contribution in [2.45, 2.75) is 33.1 Å². The highest BCUT2D eigenvalue weighted by molar-refractivity contribution is 5.94. The summed E-state index contributed by atoms with van der Waals surface area (Å²) in [6.45, 7) is 5.76. The molecule has 0 saturated carbocycles. The molecule has 23 heavy (non-hydrogen) atoms. The lowest BCUT2D eigenvalue weighted by Crippen LogP contribution is -2.11. The molecule has 0 unspecified atom stereocenters. The van der Waals surface area contributed by atoms with E-state index in [0.717, 1.165) is 5.69 Å². The molecular weight excluding hydrogens is 296 g/mol. The van der Waals surface area contributed by atoms with E-state index in [-0.39, 0.29) is 33.5 Å². The first-order valence-corrected chi connectivity index (χ1v) is 7.43. The van der Waals surface area contributed by atoms with Crippen molar-refractivity contribution in [3.05, 3.63) is 45.4 Å². The fraction of sp³-hybridized carbons (Fsp3) is 0.294. The van der Waals surface area contributed by atoms with Crippen LogP contribution in [0.1, 0.15) is 48.4 Å². The van der Waals surface area contributed by atoms with Gasteiger partial charge in [-0.1, -0.05) is 20.8 Å². The van der Waals surface area contributed by atoms with E-state index >= 15 is 0 Å². The van der Waals surface area contributed by atoms with Crippen LogP contribution in [0.2, 0.25) is 0 Å². The van der Waals surface area contributed by atoms with E-state index in [1.165, 1.54) is 6.07 Å². The summed E-state index contributed by atoms with van der Waals surface area (Å²) in [5.74, 6) is -0.940. The lowest BCUT2D eigenvalue weighted by molar-refractivity contribution is 0.0695. The molecule has 0 radical (unpaired) electrons. The Bertz CT molecular complexity index is 989. The molecule has 3 aromatic heterocycles. The standard InChI is InChI=1S/C17H16N2O4/c1-4-11-9(17(21)22)7-10-15(20)14-13(23-16(10)19-11)6-5-12(18-14)8(2)3/h5-8H,4H2,1-3H3,(H,21,22). The number of carboxylic acid groups (broad SMARTS) is 1. The summed E-state index contributed by atoms with van der Waals surface area (Å²) in [6.07, 6.45) is 0.434. The highest BCUT2D eigenvalue weighted by Gasteiger charge is 2.17. The Hall–Kier alpha value is -2.76. The second kappa shape index (κ2) is 5.46. The van der Waals surface area contributed by atoms with Gasteiger partial charge in [-0.3, -0.25) is 4.79 Å². The van der Waals surface area contributed by atoms with Gasteiger partial charge in [0.05, 0.1) is 16.6 Å². The lowest BCUT2D eigenvalue weighted by atomic mass is 10.1. The van der Waals surface area contributed by atoms with E-state index in [1.54, 1.807) is 13.0 Å². The van der Waals surface area contributed by atoms with Crippen molar-refractivity contribution in [3.8, 4) is 0 Å². The summed E-state index contributed by atoms with van der Waals surface area (Å²) >= 11 is 0. The first kappa shape index (κ1) is 15.1. The van der Waals surface area contributed by atoms with Crippen LogP contribution in [0, 0.1) is 0 Å². The van der Waals surface area contributed by atoms with Gasteiger partial charge in [-0.2, -0.15) is 0 Å². The van der Waals surface area contributed by atoms with Gasteiger partial charge in [0.25, 0.3) is 0 Å². The van der Waals surface area contributed by atoms with Crippen LogP contribution >= 0.6 is 0 Å². The maximum atomic E-state index is 12.7. The molecule has 1 N–H and O–H groups in total. The van der Waals surface area contributed by atoms with E-state index in [9.17, 15) is 14.7 Å².